The first-order chi connectivity index (χ1) is 5.86. The van der Waals surface area contributed by atoms with Crippen molar-refractivity contribution in [3.8, 4) is 0 Å². The van der Waals surface area contributed by atoms with Crippen molar-refractivity contribution in [3.63, 3.8) is 0 Å². The summed E-state index contributed by atoms with van der Waals surface area (Å²) in [4.78, 5) is 2.51. The lowest BCUT2D eigenvalue weighted by atomic mass is 9.85. The number of rotatable bonds is 6. The Hall–Kier alpha value is 0.250. The van der Waals surface area contributed by atoms with Gasteiger partial charge in [-0.2, -0.15) is 0 Å². The van der Waals surface area contributed by atoms with E-state index in [4.69, 9.17) is 11.6 Å². The van der Waals surface area contributed by atoms with Crippen LogP contribution in [0.5, 0.6) is 0 Å². The summed E-state index contributed by atoms with van der Waals surface area (Å²) >= 11 is 5.73. The molecule has 1 aliphatic carbocycles. The summed E-state index contributed by atoms with van der Waals surface area (Å²) < 4.78 is 0. The second kappa shape index (κ2) is 5.82. The van der Waals surface area contributed by atoms with E-state index in [-0.39, 0.29) is 0 Å². The van der Waals surface area contributed by atoms with E-state index in [1.165, 1.54) is 38.8 Å². The summed E-state index contributed by atoms with van der Waals surface area (Å²) in [6.45, 7) is 5.83. The minimum absolute atomic E-state index is 0.784. The zero-order chi connectivity index (χ0) is 8.81. The standard InChI is InChI=1S/C10H20ClN/c1-2-7-12(8-6-11)9-10-4-3-5-10/h10H,2-9H2,1H3. The summed E-state index contributed by atoms with van der Waals surface area (Å²) in [5, 5.41) is 0. The lowest BCUT2D eigenvalue weighted by Gasteiger charge is -2.31. The number of alkyl halides is 1. The zero-order valence-corrected chi connectivity index (χ0v) is 8.82. The van der Waals surface area contributed by atoms with Gasteiger partial charge in [0.05, 0.1) is 0 Å². The van der Waals surface area contributed by atoms with E-state index in [1.54, 1.807) is 0 Å². The lowest BCUT2D eigenvalue weighted by Crippen LogP contribution is -2.34. The van der Waals surface area contributed by atoms with Crippen molar-refractivity contribution in [1.82, 2.24) is 4.90 Å². The number of halogens is 1. The minimum atomic E-state index is 0.784. The van der Waals surface area contributed by atoms with Crippen LogP contribution in [-0.2, 0) is 0 Å². The summed E-state index contributed by atoms with van der Waals surface area (Å²) in [7, 11) is 0. The van der Waals surface area contributed by atoms with E-state index >= 15 is 0 Å². The maximum Gasteiger partial charge on any atom is 0.0351 e. The molecule has 0 heterocycles. The first-order valence-corrected chi connectivity index (χ1v) is 5.68. The van der Waals surface area contributed by atoms with Crippen molar-refractivity contribution in [2.24, 2.45) is 5.92 Å². The molecule has 0 aromatic rings. The van der Waals surface area contributed by atoms with Crippen LogP contribution in [0.25, 0.3) is 0 Å². The second-order valence-corrected chi connectivity index (χ2v) is 4.16. The maximum atomic E-state index is 5.73. The molecule has 12 heavy (non-hydrogen) atoms. The molecule has 0 bridgehead atoms. The molecule has 1 fully saturated rings. The quantitative estimate of drug-likeness (QED) is 0.581. The van der Waals surface area contributed by atoms with Crippen molar-refractivity contribution < 1.29 is 0 Å². The molecule has 2 heteroatoms. The van der Waals surface area contributed by atoms with Crippen molar-refractivity contribution in [3.05, 3.63) is 0 Å². The van der Waals surface area contributed by atoms with Crippen LogP contribution in [0.4, 0.5) is 0 Å². The number of hydrogen-bond donors (Lipinski definition) is 0. The third kappa shape index (κ3) is 3.32. The zero-order valence-electron chi connectivity index (χ0n) is 8.06. The highest BCUT2D eigenvalue weighted by atomic mass is 35.5. The topological polar surface area (TPSA) is 3.24 Å². The highest BCUT2D eigenvalue weighted by Crippen LogP contribution is 2.26. The van der Waals surface area contributed by atoms with Gasteiger partial charge in [-0.05, 0) is 31.7 Å². The SMILES string of the molecule is CCCN(CCCl)CC1CCC1. The average molecular weight is 190 g/mol. The molecular formula is C10H20ClN. The summed E-state index contributed by atoms with van der Waals surface area (Å²) in [6.07, 6.45) is 5.60. The molecule has 0 atom stereocenters. The normalized spacial score (nSPS) is 18.2. The third-order valence-corrected chi connectivity index (χ3v) is 2.85. The Morgan fingerprint density at radius 1 is 1.33 bits per heavy atom. The van der Waals surface area contributed by atoms with E-state index in [0.717, 1.165) is 18.3 Å². The van der Waals surface area contributed by atoms with Gasteiger partial charge in [-0.3, -0.25) is 0 Å². The van der Waals surface area contributed by atoms with Gasteiger partial charge in [0.25, 0.3) is 0 Å². The second-order valence-electron chi connectivity index (χ2n) is 3.79. The Balaban J connectivity index is 2.11. The molecule has 0 unspecified atom stereocenters. The third-order valence-electron chi connectivity index (χ3n) is 2.68. The first-order valence-electron chi connectivity index (χ1n) is 5.15. The molecule has 0 N–H and O–H groups in total. The Morgan fingerprint density at radius 2 is 2.08 bits per heavy atom. The number of nitrogens with zero attached hydrogens (tertiary/aromatic N) is 1. The fraction of sp³-hybridized carbons (Fsp3) is 1.00. The smallest absolute Gasteiger partial charge is 0.0351 e. The molecule has 1 saturated carbocycles. The highest BCUT2D eigenvalue weighted by Gasteiger charge is 2.19. The van der Waals surface area contributed by atoms with Crippen molar-refractivity contribution >= 4 is 11.6 Å². The fourth-order valence-corrected chi connectivity index (χ4v) is 2.01. The van der Waals surface area contributed by atoms with E-state index in [1.807, 2.05) is 0 Å². The monoisotopic (exact) mass is 189 g/mol. The van der Waals surface area contributed by atoms with Crippen LogP contribution in [0.1, 0.15) is 32.6 Å². The lowest BCUT2D eigenvalue weighted by molar-refractivity contribution is 0.185. The van der Waals surface area contributed by atoms with Gasteiger partial charge in [-0.1, -0.05) is 13.3 Å². The maximum absolute atomic E-state index is 5.73. The molecule has 1 aliphatic rings. The molecule has 0 saturated heterocycles. The van der Waals surface area contributed by atoms with Crippen molar-refractivity contribution in [2.75, 3.05) is 25.5 Å². The summed E-state index contributed by atoms with van der Waals surface area (Å²) in [5.74, 6) is 1.77. The van der Waals surface area contributed by atoms with Crippen LogP contribution >= 0.6 is 11.6 Å². The van der Waals surface area contributed by atoms with E-state index in [9.17, 15) is 0 Å². The molecule has 72 valence electrons. The molecule has 0 amide bonds. The van der Waals surface area contributed by atoms with Gasteiger partial charge in [0.2, 0.25) is 0 Å². The Morgan fingerprint density at radius 3 is 2.50 bits per heavy atom. The largest absolute Gasteiger partial charge is 0.302 e. The van der Waals surface area contributed by atoms with Gasteiger partial charge in [0.1, 0.15) is 0 Å². The van der Waals surface area contributed by atoms with Crippen molar-refractivity contribution in [2.45, 2.75) is 32.6 Å². The van der Waals surface area contributed by atoms with Gasteiger partial charge in [0.15, 0.2) is 0 Å². The molecule has 0 aliphatic heterocycles. The molecule has 1 rings (SSSR count). The minimum Gasteiger partial charge on any atom is -0.302 e. The molecular weight excluding hydrogens is 170 g/mol. The van der Waals surface area contributed by atoms with E-state index in [0.29, 0.717) is 0 Å². The first kappa shape index (κ1) is 10.3. The highest BCUT2D eigenvalue weighted by molar-refractivity contribution is 6.18. The molecule has 0 radical (unpaired) electrons. The fourth-order valence-electron chi connectivity index (χ4n) is 1.77. The van der Waals surface area contributed by atoms with Gasteiger partial charge in [0, 0.05) is 19.0 Å². The molecule has 0 aromatic carbocycles. The van der Waals surface area contributed by atoms with Crippen LogP contribution in [0.3, 0.4) is 0 Å². The molecule has 1 nitrogen and oxygen atoms in total. The van der Waals surface area contributed by atoms with Gasteiger partial charge in [-0.25, -0.2) is 0 Å². The summed E-state index contributed by atoms with van der Waals surface area (Å²) in [5.41, 5.74) is 0. The van der Waals surface area contributed by atoms with Crippen LogP contribution < -0.4 is 0 Å². The van der Waals surface area contributed by atoms with E-state index in [2.05, 4.69) is 11.8 Å². The van der Waals surface area contributed by atoms with Gasteiger partial charge < -0.3 is 4.90 Å². The Kier molecular flexibility index (Phi) is 5.01. The Labute approximate surface area is 81.1 Å². The Bertz CT molecular complexity index is 106. The predicted molar refractivity (Wildman–Crippen MR) is 54.8 cm³/mol. The van der Waals surface area contributed by atoms with Gasteiger partial charge in [-0.15, -0.1) is 11.6 Å². The molecule has 0 spiro atoms. The van der Waals surface area contributed by atoms with Crippen LogP contribution in [-0.4, -0.2) is 30.4 Å². The average Bonchev–Trinajstić information content (AvgIpc) is 1.97. The van der Waals surface area contributed by atoms with Gasteiger partial charge >= 0.3 is 0 Å². The van der Waals surface area contributed by atoms with Crippen LogP contribution in [0.2, 0.25) is 0 Å². The van der Waals surface area contributed by atoms with Crippen molar-refractivity contribution in [1.29, 1.82) is 0 Å². The predicted octanol–water partition coefficient (Wildman–Crippen LogP) is 2.74. The summed E-state index contributed by atoms with van der Waals surface area (Å²) in [6, 6.07) is 0. The van der Waals surface area contributed by atoms with Crippen LogP contribution in [0, 0.1) is 5.92 Å². The van der Waals surface area contributed by atoms with E-state index < -0.39 is 0 Å². The number of hydrogen-bond acceptors (Lipinski definition) is 1. The molecule has 0 aromatic heterocycles. The van der Waals surface area contributed by atoms with Crippen LogP contribution in [0.15, 0.2) is 0 Å².